The van der Waals surface area contributed by atoms with E-state index in [-0.39, 0.29) is 37.5 Å². The van der Waals surface area contributed by atoms with Crippen LogP contribution in [0.1, 0.15) is 31.7 Å². The van der Waals surface area contributed by atoms with Crippen LogP contribution in [0.5, 0.6) is 0 Å². The lowest BCUT2D eigenvalue weighted by Crippen LogP contribution is -2.43. The number of Topliss-reactive ketones (excluding diaryl/α,β-unsaturated/α-hetero) is 1. The third-order valence-electron chi connectivity index (χ3n) is 4.41. The summed E-state index contributed by atoms with van der Waals surface area (Å²) < 4.78 is 0. The highest BCUT2D eigenvalue weighted by atomic mass is 16.2. The third-order valence-corrected chi connectivity index (χ3v) is 4.41. The highest BCUT2D eigenvalue weighted by molar-refractivity contribution is 5.96. The molecule has 26 heavy (non-hydrogen) atoms. The first-order valence-electron chi connectivity index (χ1n) is 8.64. The van der Waals surface area contributed by atoms with Crippen LogP contribution in [0.4, 0.5) is 0 Å². The molecule has 0 saturated carbocycles. The summed E-state index contributed by atoms with van der Waals surface area (Å²) in [6.07, 6.45) is 1.99. The second-order valence-corrected chi connectivity index (χ2v) is 6.54. The Hall–Kier alpha value is -2.70. The van der Waals surface area contributed by atoms with Crippen LogP contribution in [0, 0.1) is 12.3 Å². The average molecular weight is 358 g/mol. The zero-order chi connectivity index (χ0) is 19.1. The smallest absolute Gasteiger partial charge is 0.224 e. The van der Waals surface area contributed by atoms with Gasteiger partial charge in [0.15, 0.2) is 5.78 Å². The van der Waals surface area contributed by atoms with Gasteiger partial charge in [0.05, 0.1) is 19.0 Å². The van der Waals surface area contributed by atoms with E-state index >= 15 is 0 Å². The van der Waals surface area contributed by atoms with E-state index in [0.29, 0.717) is 6.54 Å². The maximum atomic E-state index is 12.4. The van der Waals surface area contributed by atoms with Gasteiger partial charge in [-0.3, -0.25) is 19.2 Å². The lowest BCUT2D eigenvalue weighted by molar-refractivity contribution is -0.134. The van der Waals surface area contributed by atoms with Gasteiger partial charge < -0.3 is 16.0 Å². The van der Waals surface area contributed by atoms with Crippen molar-refractivity contribution in [1.82, 2.24) is 10.2 Å². The van der Waals surface area contributed by atoms with Crippen molar-refractivity contribution >= 4 is 23.5 Å². The van der Waals surface area contributed by atoms with E-state index in [1.165, 1.54) is 11.3 Å². The number of hydrogen-bond donors (Lipinski definition) is 2. The zero-order valence-corrected chi connectivity index (χ0v) is 14.8. The third kappa shape index (κ3) is 5.68. The second kappa shape index (κ2) is 9.12. The number of nitrogens with one attached hydrogen (secondary N) is 1. The molecule has 1 fully saturated rings. The molecule has 0 bridgehead atoms. The molecule has 139 valence electrons. The normalized spacial score (nSPS) is 19.0. The molecular weight excluding hydrogens is 334 g/mol. The maximum Gasteiger partial charge on any atom is 0.224 e. The lowest BCUT2D eigenvalue weighted by atomic mass is 10.0. The van der Waals surface area contributed by atoms with Crippen molar-refractivity contribution in [2.45, 2.75) is 38.8 Å². The Bertz CT molecular complexity index is 675. The number of primary amides is 1. The molecule has 1 saturated heterocycles. The summed E-state index contributed by atoms with van der Waals surface area (Å²) in [6, 6.07) is 8.75. The van der Waals surface area contributed by atoms with Gasteiger partial charge in [0.25, 0.3) is 0 Å². The Kier molecular flexibility index (Phi) is 6.89. The molecule has 1 radical (unpaired) electrons. The summed E-state index contributed by atoms with van der Waals surface area (Å²) >= 11 is 0. The maximum absolute atomic E-state index is 12.4. The van der Waals surface area contributed by atoms with Crippen LogP contribution in [-0.2, 0) is 25.7 Å². The summed E-state index contributed by atoms with van der Waals surface area (Å²) in [5.74, 6) is -1.67. The van der Waals surface area contributed by atoms with Crippen molar-refractivity contribution in [1.29, 1.82) is 0 Å². The van der Waals surface area contributed by atoms with E-state index in [0.717, 1.165) is 5.56 Å². The topological polar surface area (TPSA) is 110 Å². The number of likely N-dealkylation sites (tertiary alicyclic amines) is 1. The monoisotopic (exact) mass is 358 g/mol. The van der Waals surface area contributed by atoms with Gasteiger partial charge in [-0.25, -0.2) is 0 Å². The molecule has 0 aliphatic carbocycles. The van der Waals surface area contributed by atoms with Gasteiger partial charge in [-0.15, -0.1) is 0 Å². The first-order chi connectivity index (χ1) is 12.4. The lowest BCUT2D eigenvalue weighted by Gasteiger charge is -2.20. The number of nitrogens with two attached hydrogens (primary N) is 1. The molecule has 1 aromatic rings. The molecule has 1 aliphatic rings. The number of rotatable bonds is 7. The number of carbonyl (C=O) groups excluding carboxylic acids is 4. The van der Waals surface area contributed by atoms with Crippen molar-refractivity contribution in [3.63, 3.8) is 0 Å². The predicted molar refractivity (Wildman–Crippen MR) is 95.3 cm³/mol. The molecule has 7 nitrogen and oxygen atoms in total. The Morgan fingerprint density at radius 2 is 2.00 bits per heavy atom. The van der Waals surface area contributed by atoms with Gasteiger partial charge in [0.1, 0.15) is 0 Å². The molecule has 3 N–H and O–H groups in total. The fourth-order valence-corrected chi connectivity index (χ4v) is 2.70. The summed E-state index contributed by atoms with van der Waals surface area (Å²) in [5, 5.41) is 2.63. The molecule has 3 amide bonds. The molecule has 0 unspecified atom stereocenters. The van der Waals surface area contributed by atoms with Gasteiger partial charge in [0.2, 0.25) is 17.7 Å². The second-order valence-electron chi connectivity index (χ2n) is 6.54. The Balaban J connectivity index is 1.90. The highest BCUT2D eigenvalue weighted by Crippen LogP contribution is 2.14. The number of nitrogens with zero attached hydrogens (tertiary/aromatic N) is 1. The largest absolute Gasteiger partial charge is 0.369 e. The Morgan fingerprint density at radius 3 is 2.65 bits per heavy atom. The molecule has 2 rings (SSSR count). The van der Waals surface area contributed by atoms with Crippen LogP contribution in [0.2, 0.25) is 0 Å². The quantitative estimate of drug-likeness (QED) is 0.743. The zero-order valence-electron chi connectivity index (χ0n) is 14.8. The standard InChI is InChI=1S/C19H24N3O4/c1-13(19(20)26)7-9-17(24)21-15-8-10-18(25)22(12-16(15)23)11-14-5-3-2-4-6-14/h2-6,9,13,15H,7-8,10-12H2,1H3,(H2,20,26)(H,21,24)/t13-,15-/m0/s1. The van der Waals surface area contributed by atoms with Crippen LogP contribution in [0.15, 0.2) is 30.3 Å². The number of carbonyl (C=O) groups is 4. The van der Waals surface area contributed by atoms with Crippen molar-refractivity contribution in [3.8, 4) is 0 Å². The first kappa shape index (κ1) is 19.6. The van der Waals surface area contributed by atoms with Crippen molar-refractivity contribution in [2.75, 3.05) is 6.54 Å². The van der Waals surface area contributed by atoms with E-state index in [9.17, 15) is 19.2 Å². The Labute approximate surface area is 152 Å². The molecule has 1 heterocycles. The van der Waals surface area contributed by atoms with Crippen molar-refractivity contribution < 1.29 is 19.2 Å². The number of hydrogen-bond acceptors (Lipinski definition) is 4. The van der Waals surface area contributed by atoms with Crippen molar-refractivity contribution in [3.05, 3.63) is 42.3 Å². The number of amides is 3. The molecule has 1 aromatic carbocycles. The van der Waals surface area contributed by atoms with Gasteiger partial charge in [-0.2, -0.15) is 0 Å². The van der Waals surface area contributed by atoms with Crippen LogP contribution in [0.25, 0.3) is 0 Å². The van der Waals surface area contributed by atoms with E-state index in [4.69, 9.17) is 5.73 Å². The van der Waals surface area contributed by atoms with E-state index in [1.54, 1.807) is 6.92 Å². The molecule has 2 atom stereocenters. The summed E-state index contributed by atoms with van der Waals surface area (Å²) in [6.45, 7) is 1.97. The van der Waals surface area contributed by atoms with Crippen LogP contribution >= 0.6 is 0 Å². The molecule has 0 aromatic heterocycles. The summed E-state index contributed by atoms with van der Waals surface area (Å²) in [7, 11) is 0. The van der Waals surface area contributed by atoms with E-state index in [1.807, 2.05) is 30.3 Å². The fourth-order valence-electron chi connectivity index (χ4n) is 2.70. The molecule has 0 spiro atoms. The number of benzene rings is 1. The predicted octanol–water partition coefficient (Wildman–Crippen LogP) is 0.579. The fraction of sp³-hybridized carbons (Fsp3) is 0.421. The molecule has 1 aliphatic heterocycles. The van der Waals surface area contributed by atoms with Crippen LogP contribution in [-0.4, -0.2) is 41.0 Å². The van der Waals surface area contributed by atoms with Gasteiger partial charge in [-0.1, -0.05) is 37.3 Å². The average Bonchev–Trinajstić information content (AvgIpc) is 2.74. The number of ketones is 1. The van der Waals surface area contributed by atoms with Gasteiger partial charge >= 0.3 is 0 Å². The van der Waals surface area contributed by atoms with Crippen LogP contribution < -0.4 is 11.1 Å². The SMILES string of the molecule is C[C@@H](C[CH]C(=O)N[C@H]1CCC(=O)N(Cc2ccccc2)CC1=O)C(N)=O. The Morgan fingerprint density at radius 1 is 1.31 bits per heavy atom. The molecular formula is C19H24N3O4. The minimum atomic E-state index is -0.702. The van der Waals surface area contributed by atoms with E-state index in [2.05, 4.69) is 5.32 Å². The first-order valence-corrected chi connectivity index (χ1v) is 8.64. The summed E-state index contributed by atoms with van der Waals surface area (Å²) in [4.78, 5) is 49.2. The van der Waals surface area contributed by atoms with Crippen molar-refractivity contribution in [2.24, 2.45) is 11.7 Å². The molecule has 7 heteroatoms. The minimum absolute atomic E-state index is 0.0314. The van der Waals surface area contributed by atoms with Gasteiger partial charge in [-0.05, 0) is 18.4 Å². The summed E-state index contributed by atoms with van der Waals surface area (Å²) in [5.41, 5.74) is 6.10. The van der Waals surface area contributed by atoms with Crippen LogP contribution in [0.3, 0.4) is 0 Å². The minimum Gasteiger partial charge on any atom is -0.369 e. The van der Waals surface area contributed by atoms with Gasteiger partial charge in [0, 0.05) is 18.9 Å². The van der Waals surface area contributed by atoms with E-state index < -0.39 is 23.8 Å². The highest BCUT2D eigenvalue weighted by Gasteiger charge is 2.30.